The van der Waals surface area contributed by atoms with Crippen molar-refractivity contribution in [3.05, 3.63) is 65.2 Å². The van der Waals surface area contributed by atoms with Crippen LogP contribution in [0.25, 0.3) is 0 Å². The van der Waals surface area contributed by atoms with E-state index in [-0.39, 0.29) is 11.9 Å². The van der Waals surface area contributed by atoms with Crippen molar-refractivity contribution in [2.45, 2.75) is 39.3 Å². The summed E-state index contributed by atoms with van der Waals surface area (Å²) in [5, 5.41) is 0. The number of amides is 1. The Morgan fingerprint density at radius 1 is 1.22 bits per heavy atom. The highest BCUT2D eigenvalue weighted by atomic mass is 16.5. The molecule has 1 unspecified atom stereocenters. The van der Waals surface area contributed by atoms with Crippen LogP contribution < -0.4 is 4.74 Å². The lowest BCUT2D eigenvalue weighted by molar-refractivity contribution is 0.0671. The molecule has 1 aliphatic heterocycles. The smallest absolute Gasteiger partial charge is 0.254 e. The molecular weight excluding hydrogens is 286 g/mol. The van der Waals surface area contributed by atoms with E-state index in [1.807, 2.05) is 41.3 Å². The third-order valence-electron chi connectivity index (χ3n) is 4.52. The number of nitrogens with zero attached hydrogens (tertiary/aromatic N) is 1. The lowest BCUT2D eigenvalue weighted by atomic mass is 10.1. The molecule has 1 atom stereocenters. The SMILES string of the molecule is CCC(C)N(Cc1ccccc1)C(=O)c1ccc2c(c1)CCO2. The molecule has 0 fully saturated rings. The lowest BCUT2D eigenvalue weighted by Crippen LogP contribution is -2.37. The topological polar surface area (TPSA) is 29.5 Å². The van der Waals surface area contributed by atoms with Crippen molar-refractivity contribution in [3.8, 4) is 5.75 Å². The van der Waals surface area contributed by atoms with E-state index in [4.69, 9.17) is 4.74 Å². The Morgan fingerprint density at radius 3 is 2.74 bits per heavy atom. The van der Waals surface area contributed by atoms with Crippen molar-refractivity contribution in [2.24, 2.45) is 0 Å². The monoisotopic (exact) mass is 309 g/mol. The van der Waals surface area contributed by atoms with Gasteiger partial charge in [0.15, 0.2) is 0 Å². The van der Waals surface area contributed by atoms with E-state index in [2.05, 4.69) is 26.0 Å². The van der Waals surface area contributed by atoms with Crippen molar-refractivity contribution in [2.75, 3.05) is 6.61 Å². The number of benzene rings is 2. The van der Waals surface area contributed by atoms with Crippen molar-refractivity contribution >= 4 is 5.91 Å². The fourth-order valence-corrected chi connectivity index (χ4v) is 2.91. The highest BCUT2D eigenvalue weighted by Gasteiger charge is 2.22. The van der Waals surface area contributed by atoms with Gasteiger partial charge in [0.05, 0.1) is 6.61 Å². The van der Waals surface area contributed by atoms with Crippen LogP contribution in [0.2, 0.25) is 0 Å². The van der Waals surface area contributed by atoms with Gasteiger partial charge in [0.25, 0.3) is 5.91 Å². The van der Waals surface area contributed by atoms with E-state index in [1.165, 1.54) is 0 Å². The second-order valence-corrected chi connectivity index (χ2v) is 6.10. The van der Waals surface area contributed by atoms with Gasteiger partial charge in [0.2, 0.25) is 0 Å². The maximum atomic E-state index is 13.0. The van der Waals surface area contributed by atoms with Crippen molar-refractivity contribution in [1.82, 2.24) is 4.90 Å². The molecule has 3 heteroatoms. The zero-order valence-corrected chi connectivity index (χ0v) is 13.8. The third kappa shape index (κ3) is 3.39. The van der Waals surface area contributed by atoms with E-state index in [0.717, 1.165) is 35.3 Å². The zero-order valence-electron chi connectivity index (χ0n) is 13.8. The molecule has 0 bridgehead atoms. The Morgan fingerprint density at radius 2 is 2.00 bits per heavy atom. The molecule has 1 heterocycles. The van der Waals surface area contributed by atoms with Crippen LogP contribution in [0.5, 0.6) is 5.75 Å². The normalized spacial score (nSPS) is 14.0. The summed E-state index contributed by atoms with van der Waals surface area (Å²) in [6, 6.07) is 16.2. The van der Waals surface area contributed by atoms with Gasteiger partial charge in [0.1, 0.15) is 5.75 Å². The van der Waals surface area contributed by atoms with Crippen LogP contribution in [0.15, 0.2) is 48.5 Å². The molecule has 1 amide bonds. The summed E-state index contributed by atoms with van der Waals surface area (Å²) in [5.74, 6) is 1.01. The molecule has 0 radical (unpaired) electrons. The van der Waals surface area contributed by atoms with Gasteiger partial charge in [-0.3, -0.25) is 4.79 Å². The molecule has 0 N–H and O–H groups in total. The summed E-state index contributed by atoms with van der Waals surface area (Å²) in [5.41, 5.74) is 3.05. The molecule has 2 aromatic rings. The van der Waals surface area contributed by atoms with Gasteiger partial charge >= 0.3 is 0 Å². The predicted octanol–water partition coefficient (Wildman–Crippen LogP) is 4.06. The first-order valence-electron chi connectivity index (χ1n) is 8.29. The summed E-state index contributed by atoms with van der Waals surface area (Å²) in [4.78, 5) is 15.0. The fourth-order valence-electron chi connectivity index (χ4n) is 2.91. The van der Waals surface area contributed by atoms with Gasteiger partial charge in [-0.05, 0) is 42.7 Å². The third-order valence-corrected chi connectivity index (χ3v) is 4.52. The maximum Gasteiger partial charge on any atom is 0.254 e. The molecule has 0 spiro atoms. The highest BCUT2D eigenvalue weighted by molar-refractivity contribution is 5.94. The van der Waals surface area contributed by atoms with Crippen LogP contribution in [0, 0.1) is 0 Å². The average Bonchev–Trinajstić information content (AvgIpc) is 3.07. The molecule has 0 aliphatic carbocycles. The minimum Gasteiger partial charge on any atom is -0.493 e. The zero-order chi connectivity index (χ0) is 16.2. The molecule has 2 aromatic carbocycles. The van der Waals surface area contributed by atoms with Gasteiger partial charge in [-0.25, -0.2) is 0 Å². The van der Waals surface area contributed by atoms with Gasteiger partial charge in [-0.1, -0.05) is 37.3 Å². The van der Waals surface area contributed by atoms with E-state index in [1.54, 1.807) is 0 Å². The number of rotatable bonds is 5. The summed E-state index contributed by atoms with van der Waals surface area (Å²) >= 11 is 0. The Bertz CT molecular complexity index is 681. The molecule has 0 saturated carbocycles. The number of carbonyl (C=O) groups excluding carboxylic acids is 1. The van der Waals surface area contributed by atoms with E-state index >= 15 is 0 Å². The molecule has 1 aliphatic rings. The molecule has 0 aromatic heterocycles. The Labute approximate surface area is 137 Å². The first-order valence-corrected chi connectivity index (χ1v) is 8.29. The fraction of sp³-hybridized carbons (Fsp3) is 0.350. The number of ether oxygens (including phenoxy) is 1. The summed E-state index contributed by atoms with van der Waals surface area (Å²) in [6.45, 7) is 5.58. The van der Waals surface area contributed by atoms with Crippen LogP contribution in [-0.2, 0) is 13.0 Å². The van der Waals surface area contributed by atoms with Gasteiger partial charge < -0.3 is 9.64 Å². The van der Waals surface area contributed by atoms with Crippen LogP contribution >= 0.6 is 0 Å². The summed E-state index contributed by atoms with van der Waals surface area (Å²) in [7, 11) is 0. The van der Waals surface area contributed by atoms with E-state index < -0.39 is 0 Å². The van der Waals surface area contributed by atoms with Gasteiger partial charge in [-0.2, -0.15) is 0 Å². The van der Waals surface area contributed by atoms with E-state index in [0.29, 0.717) is 13.2 Å². The first-order chi connectivity index (χ1) is 11.2. The van der Waals surface area contributed by atoms with E-state index in [9.17, 15) is 4.79 Å². The Hall–Kier alpha value is -2.29. The summed E-state index contributed by atoms with van der Waals surface area (Å²) < 4.78 is 5.53. The van der Waals surface area contributed by atoms with Crippen molar-refractivity contribution in [1.29, 1.82) is 0 Å². The largest absolute Gasteiger partial charge is 0.493 e. The van der Waals surface area contributed by atoms with Crippen LogP contribution in [0.1, 0.15) is 41.8 Å². The summed E-state index contributed by atoms with van der Waals surface area (Å²) in [6.07, 6.45) is 1.82. The van der Waals surface area contributed by atoms with Gasteiger partial charge in [-0.15, -0.1) is 0 Å². The second kappa shape index (κ2) is 6.86. The second-order valence-electron chi connectivity index (χ2n) is 6.10. The first kappa shape index (κ1) is 15.6. The Balaban J connectivity index is 1.85. The average molecular weight is 309 g/mol. The lowest BCUT2D eigenvalue weighted by Gasteiger charge is -2.29. The minimum atomic E-state index is 0.0953. The highest BCUT2D eigenvalue weighted by Crippen LogP contribution is 2.27. The van der Waals surface area contributed by atoms with Gasteiger partial charge in [0, 0.05) is 24.6 Å². The Kier molecular flexibility index (Phi) is 4.65. The maximum absolute atomic E-state index is 13.0. The molecule has 0 saturated heterocycles. The predicted molar refractivity (Wildman–Crippen MR) is 91.7 cm³/mol. The van der Waals surface area contributed by atoms with Crippen LogP contribution in [-0.4, -0.2) is 23.5 Å². The van der Waals surface area contributed by atoms with Crippen molar-refractivity contribution in [3.63, 3.8) is 0 Å². The molecule has 3 nitrogen and oxygen atoms in total. The molecule has 3 rings (SSSR count). The number of fused-ring (bicyclic) bond motifs is 1. The molecule has 23 heavy (non-hydrogen) atoms. The quantitative estimate of drug-likeness (QED) is 0.833. The molecule has 120 valence electrons. The number of hydrogen-bond donors (Lipinski definition) is 0. The minimum absolute atomic E-state index is 0.0953. The van der Waals surface area contributed by atoms with Crippen molar-refractivity contribution < 1.29 is 9.53 Å². The van der Waals surface area contributed by atoms with Crippen LogP contribution in [0.4, 0.5) is 0 Å². The number of hydrogen-bond acceptors (Lipinski definition) is 2. The standard InChI is InChI=1S/C20H23NO2/c1-3-15(2)21(14-16-7-5-4-6-8-16)20(22)18-9-10-19-17(13-18)11-12-23-19/h4-10,13,15H,3,11-12,14H2,1-2H3. The van der Waals surface area contributed by atoms with Crippen LogP contribution in [0.3, 0.4) is 0 Å². The molecular formula is C20H23NO2. The number of carbonyl (C=O) groups is 1.